The van der Waals surface area contributed by atoms with Gasteiger partial charge in [0, 0.05) is 30.2 Å². The lowest BCUT2D eigenvalue weighted by Gasteiger charge is -2.41. The highest BCUT2D eigenvalue weighted by molar-refractivity contribution is 6.30. The van der Waals surface area contributed by atoms with Crippen LogP contribution in [0.2, 0.25) is 5.02 Å². The van der Waals surface area contributed by atoms with Crippen molar-refractivity contribution in [1.82, 2.24) is 4.90 Å². The van der Waals surface area contributed by atoms with Crippen molar-refractivity contribution < 1.29 is 0 Å². The molecule has 0 radical (unpaired) electrons. The number of hydrogen-bond acceptors (Lipinski definition) is 2. The fourth-order valence-electron chi connectivity index (χ4n) is 3.79. The molecule has 0 amide bonds. The zero-order valence-electron chi connectivity index (χ0n) is 12.3. The van der Waals surface area contributed by atoms with Gasteiger partial charge in [-0.1, -0.05) is 30.7 Å². The second-order valence-corrected chi connectivity index (χ2v) is 6.95. The summed E-state index contributed by atoms with van der Waals surface area (Å²) in [5.41, 5.74) is 7.72. The molecule has 20 heavy (non-hydrogen) atoms. The molecule has 1 aromatic rings. The Morgan fingerprint density at radius 2 is 1.95 bits per heavy atom. The van der Waals surface area contributed by atoms with Gasteiger partial charge in [-0.3, -0.25) is 4.90 Å². The fourth-order valence-corrected chi connectivity index (χ4v) is 3.92. The van der Waals surface area contributed by atoms with E-state index >= 15 is 0 Å². The van der Waals surface area contributed by atoms with Crippen molar-refractivity contribution in [3.8, 4) is 0 Å². The molecule has 2 nitrogen and oxygen atoms in total. The minimum atomic E-state index is 0.303. The lowest BCUT2D eigenvalue weighted by molar-refractivity contribution is 0.116. The predicted molar refractivity (Wildman–Crippen MR) is 85.2 cm³/mol. The summed E-state index contributed by atoms with van der Waals surface area (Å²) in [5, 5.41) is 0.815. The van der Waals surface area contributed by atoms with Gasteiger partial charge in [0.05, 0.1) is 0 Å². The molecule has 2 N–H and O–H groups in total. The first-order chi connectivity index (χ1) is 9.67. The van der Waals surface area contributed by atoms with E-state index in [0.717, 1.165) is 36.5 Å². The molecular weight excluding hydrogens is 268 g/mol. The number of halogens is 1. The summed E-state index contributed by atoms with van der Waals surface area (Å²) in [7, 11) is 0. The van der Waals surface area contributed by atoms with Gasteiger partial charge in [-0.05, 0) is 55.2 Å². The maximum Gasteiger partial charge on any atom is 0.0406 e. The summed E-state index contributed by atoms with van der Waals surface area (Å²) in [6, 6.07) is 9.38. The molecule has 1 aromatic carbocycles. The van der Waals surface area contributed by atoms with Crippen LogP contribution in [0.3, 0.4) is 0 Å². The first-order valence-electron chi connectivity index (χ1n) is 7.92. The van der Waals surface area contributed by atoms with Crippen LogP contribution in [-0.2, 0) is 0 Å². The molecule has 1 aliphatic heterocycles. The number of nitrogens with zero attached hydrogens (tertiary/aromatic N) is 1. The van der Waals surface area contributed by atoms with Gasteiger partial charge in [0.2, 0.25) is 0 Å². The van der Waals surface area contributed by atoms with Crippen LogP contribution in [0, 0.1) is 5.92 Å². The quantitative estimate of drug-likeness (QED) is 0.918. The molecule has 1 heterocycles. The van der Waals surface area contributed by atoms with Crippen LogP contribution in [0.25, 0.3) is 0 Å². The van der Waals surface area contributed by atoms with Gasteiger partial charge in [0.15, 0.2) is 0 Å². The Bertz CT molecular complexity index is 441. The van der Waals surface area contributed by atoms with Crippen molar-refractivity contribution in [3.05, 3.63) is 34.9 Å². The van der Waals surface area contributed by atoms with Crippen molar-refractivity contribution in [2.45, 2.75) is 50.6 Å². The molecule has 0 bridgehead atoms. The van der Waals surface area contributed by atoms with Crippen molar-refractivity contribution in [1.29, 1.82) is 0 Å². The maximum absolute atomic E-state index is 6.33. The summed E-state index contributed by atoms with van der Waals surface area (Å²) in [6.07, 6.45) is 5.18. The lowest BCUT2D eigenvalue weighted by Crippen LogP contribution is -2.50. The molecule has 2 aliphatic rings. The summed E-state index contributed by atoms with van der Waals surface area (Å²) in [4.78, 5) is 2.66. The molecule has 3 rings (SSSR count). The third-order valence-corrected chi connectivity index (χ3v) is 5.16. The van der Waals surface area contributed by atoms with E-state index in [1.165, 1.54) is 24.8 Å². The van der Waals surface area contributed by atoms with E-state index in [0.29, 0.717) is 12.0 Å². The Morgan fingerprint density at radius 3 is 2.55 bits per heavy atom. The van der Waals surface area contributed by atoms with Gasteiger partial charge in [-0.25, -0.2) is 0 Å². The average molecular weight is 293 g/mol. The number of piperidine rings is 1. The average Bonchev–Trinajstić information content (AvgIpc) is 3.24. The fraction of sp³-hybridized carbons (Fsp3) is 0.647. The monoisotopic (exact) mass is 292 g/mol. The van der Waals surface area contributed by atoms with E-state index in [2.05, 4.69) is 24.0 Å². The summed E-state index contributed by atoms with van der Waals surface area (Å²) in [6.45, 7) is 4.55. The van der Waals surface area contributed by atoms with Crippen LogP contribution in [0.15, 0.2) is 24.3 Å². The Kier molecular flexibility index (Phi) is 4.34. The van der Waals surface area contributed by atoms with Gasteiger partial charge < -0.3 is 5.73 Å². The minimum absolute atomic E-state index is 0.303. The molecule has 3 heteroatoms. The third kappa shape index (κ3) is 3.19. The standard InChI is InChI=1S/C17H25ClN2/c1-2-17(13-3-4-13)20-10-14(9-16(19)11-20)12-5-7-15(18)8-6-12/h5-8,13-14,16-17H,2-4,9-11,19H2,1H3. The highest BCUT2D eigenvalue weighted by Crippen LogP contribution is 2.39. The SMILES string of the molecule is CCC(C1CC1)N1CC(N)CC(c2ccc(Cl)cc2)C1. The second-order valence-electron chi connectivity index (χ2n) is 6.51. The molecule has 0 spiro atoms. The number of likely N-dealkylation sites (tertiary alicyclic amines) is 1. The Hall–Kier alpha value is -0.570. The number of nitrogens with two attached hydrogens (primary N) is 1. The largest absolute Gasteiger partial charge is 0.327 e. The normalized spacial score (nSPS) is 29.4. The zero-order valence-corrected chi connectivity index (χ0v) is 13.0. The van der Waals surface area contributed by atoms with Gasteiger partial charge in [-0.2, -0.15) is 0 Å². The molecule has 2 fully saturated rings. The predicted octanol–water partition coefficient (Wildman–Crippen LogP) is 3.65. The van der Waals surface area contributed by atoms with Crippen molar-refractivity contribution in [3.63, 3.8) is 0 Å². The van der Waals surface area contributed by atoms with E-state index in [-0.39, 0.29) is 0 Å². The van der Waals surface area contributed by atoms with Crippen molar-refractivity contribution >= 4 is 11.6 Å². The van der Waals surface area contributed by atoms with Crippen molar-refractivity contribution in [2.24, 2.45) is 11.7 Å². The van der Waals surface area contributed by atoms with E-state index in [4.69, 9.17) is 17.3 Å². The van der Waals surface area contributed by atoms with E-state index in [1.807, 2.05) is 12.1 Å². The van der Waals surface area contributed by atoms with E-state index < -0.39 is 0 Å². The van der Waals surface area contributed by atoms with Crippen molar-refractivity contribution in [2.75, 3.05) is 13.1 Å². The van der Waals surface area contributed by atoms with Crippen LogP contribution in [0.4, 0.5) is 0 Å². The lowest BCUT2D eigenvalue weighted by atomic mass is 9.87. The highest BCUT2D eigenvalue weighted by Gasteiger charge is 2.37. The van der Waals surface area contributed by atoms with Gasteiger partial charge in [-0.15, -0.1) is 0 Å². The maximum atomic E-state index is 6.33. The van der Waals surface area contributed by atoms with Gasteiger partial charge >= 0.3 is 0 Å². The Balaban J connectivity index is 1.73. The molecule has 3 unspecified atom stereocenters. The summed E-state index contributed by atoms with van der Waals surface area (Å²) >= 11 is 6.00. The second kappa shape index (κ2) is 6.05. The molecule has 1 saturated carbocycles. The minimum Gasteiger partial charge on any atom is -0.327 e. The zero-order chi connectivity index (χ0) is 14.1. The summed E-state index contributed by atoms with van der Waals surface area (Å²) < 4.78 is 0. The topological polar surface area (TPSA) is 29.3 Å². The van der Waals surface area contributed by atoms with Crippen LogP contribution >= 0.6 is 11.6 Å². The van der Waals surface area contributed by atoms with E-state index in [1.54, 1.807) is 0 Å². The van der Waals surface area contributed by atoms with E-state index in [9.17, 15) is 0 Å². The Morgan fingerprint density at radius 1 is 1.25 bits per heavy atom. The van der Waals surface area contributed by atoms with Crippen LogP contribution in [-0.4, -0.2) is 30.1 Å². The van der Waals surface area contributed by atoms with Gasteiger partial charge in [0.25, 0.3) is 0 Å². The Labute approximate surface area is 127 Å². The first-order valence-corrected chi connectivity index (χ1v) is 8.30. The molecule has 3 atom stereocenters. The number of hydrogen-bond donors (Lipinski definition) is 1. The first kappa shape index (κ1) is 14.4. The molecular formula is C17H25ClN2. The summed E-state index contributed by atoms with van der Waals surface area (Å²) in [5.74, 6) is 1.49. The molecule has 110 valence electrons. The molecule has 1 aliphatic carbocycles. The smallest absolute Gasteiger partial charge is 0.0406 e. The van der Waals surface area contributed by atoms with Crippen LogP contribution in [0.1, 0.15) is 44.1 Å². The third-order valence-electron chi connectivity index (χ3n) is 4.91. The van der Waals surface area contributed by atoms with Crippen LogP contribution < -0.4 is 5.73 Å². The number of rotatable bonds is 4. The molecule has 0 aromatic heterocycles. The highest BCUT2D eigenvalue weighted by atomic mass is 35.5. The van der Waals surface area contributed by atoms with Gasteiger partial charge in [0.1, 0.15) is 0 Å². The number of benzene rings is 1. The molecule has 1 saturated heterocycles. The van der Waals surface area contributed by atoms with Crippen LogP contribution in [0.5, 0.6) is 0 Å².